The predicted octanol–water partition coefficient (Wildman–Crippen LogP) is 7.02. The highest BCUT2D eigenvalue weighted by molar-refractivity contribution is 7.99. The minimum absolute atomic E-state index is 0.0160. The summed E-state index contributed by atoms with van der Waals surface area (Å²) in [6.07, 6.45) is 0.904. The zero-order valence-electron chi connectivity index (χ0n) is 21.5. The molecule has 2 heterocycles. The van der Waals surface area contributed by atoms with Crippen LogP contribution in [-0.4, -0.2) is 25.8 Å². The second kappa shape index (κ2) is 11.3. The number of halogens is 1. The highest BCUT2D eigenvalue weighted by Gasteiger charge is 2.20. The van der Waals surface area contributed by atoms with Gasteiger partial charge in [0.15, 0.2) is 14.8 Å². The molecule has 39 heavy (non-hydrogen) atoms. The lowest BCUT2D eigenvalue weighted by atomic mass is 10.1. The molecule has 0 fully saturated rings. The van der Waals surface area contributed by atoms with Crippen LogP contribution in [0.25, 0.3) is 21.7 Å². The highest BCUT2D eigenvalue weighted by atomic mass is 32.2. The van der Waals surface area contributed by atoms with Crippen LogP contribution in [0.1, 0.15) is 23.6 Å². The van der Waals surface area contributed by atoms with Gasteiger partial charge in [-0.15, -0.1) is 0 Å². The van der Waals surface area contributed by atoms with Gasteiger partial charge >= 0.3 is 0 Å². The normalized spacial score (nSPS) is 11.2. The van der Waals surface area contributed by atoms with Crippen LogP contribution in [0.15, 0.2) is 76.7 Å². The fourth-order valence-electron chi connectivity index (χ4n) is 4.11. The summed E-state index contributed by atoms with van der Waals surface area (Å²) in [5, 5.41) is 3.21. The number of amides is 1. The zero-order valence-corrected chi connectivity index (χ0v) is 24.0. The van der Waals surface area contributed by atoms with Gasteiger partial charge in [-0.05, 0) is 97.7 Å². The number of nitrogens with zero attached hydrogens (tertiary/aromatic N) is 3. The Kier molecular flexibility index (Phi) is 7.79. The topological polar surface area (TPSA) is 68.9 Å². The molecule has 5 aromatic rings. The fraction of sp³-hybridized carbons (Fsp3) is 0.172. The van der Waals surface area contributed by atoms with Gasteiger partial charge in [-0.25, -0.2) is 9.37 Å². The van der Waals surface area contributed by atoms with Crippen molar-refractivity contribution in [1.82, 2.24) is 14.1 Å². The third kappa shape index (κ3) is 5.59. The first-order valence-corrected chi connectivity index (χ1v) is 14.5. The second-order valence-electron chi connectivity index (χ2n) is 9.02. The minimum atomic E-state index is -0.417. The average molecular weight is 577 g/mol. The van der Waals surface area contributed by atoms with Gasteiger partial charge in [0.05, 0.1) is 11.4 Å². The fourth-order valence-corrected chi connectivity index (χ4v) is 6.21. The number of hydrogen-bond acceptors (Lipinski definition) is 6. The maximum atomic E-state index is 13.8. The quantitative estimate of drug-likeness (QED) is 0.128. The van der Waals surface area contributed by atoms with Crippen LogP contribution in [0.5, 0.6) is 0 Å². The van der Waals surface area contributed by atoms with Gasteiger partial charge < -0.3 is 5.32 Å². The van der Waals surface area contributed by atoms with Gasteiger partial charge in [-0.3, -0.25) is 18.7 Å². The van der Waals surface area contributed by atoms with Gasteiger partial charge in [0.2, 0.25) is 5.91 Å². The van der Waals surface area contributed by atoms with Crippen LogP contribution in [0.3, 0.4) is 0 Å². The molecule has 0 unspecified atom stereocenters. The van der Waals surface area contributed by atoms with Crippen LogP contribution >= 0.6 is 35.3 Å². The largest absolute Gasteiger partial charge is 0.325 e. The SMILES string of the molecule is CCc1ccc(-n2c(=S)sc3c(=O)n(-c4ccc(F)cc4)c(SCC(=O)Nc4ccc(C)c(C)c4)nc32)cc1. The minimum Gasteiger partial charge on any atom is -0.325 e. The average Bonchev–Trinajstić information content (AvgIpc) is 3.26. The first-order valence-electron chi connectivity index (χ1n) is 12.3. The summed E-state index contributed by atoms with van der Waals surface area (Å²) in [5.74, 6) is -0.636. The van der Waals surface area contributed by atoms with Gasteiger partial charge in [0.25, 0.3) is 5.56 Å². The number of thiazole rings is 1. The molecule has 0 saturated heterocycles. The summed E-state index contributed by atoms with van der Waals surface area (Å²) in [6, 6.07) is 19.3. The lowest BCUT2D eigenvalue weighted by Gasteiger charge is -2.13. The van der Waals surface area contributed by atoms with Crippen molar-refractivity contribution in [2.45, 2.75) is 32.3 Å². The molecule has 0 spiro atoms. The molecule has 0 bridgehead atoms. The maximum Gasteiger partial charge on any atom is 0.278 e. The molecule has 2 aromatic heterocycles. The number of aryl methyl sites for hydroxylation is 3. The van der Waals surface area contributed by atoms with Crippen molar-refractivity contribution < 1.29 is 9.18 Å². The number of carbonyl (C=O) groups is 1. The maximum absolute atomic E-state index is 13.8. The molecule has 5 rings (SSSR count). The van der Waals surface area contributed by atoms with Crippen LogP contribution < -0.4 is 10.9 Å². The van der Waals surface area contributed by atoms with E-state index >= 15 is 0 Å². The number of nitrogens with one attached hydrogen (secondary N) is 1. The Balaban J connectivity index is 1.57. The van der Waals surface area contributed by atoms with Gasteiger partial charge in [-0.2, -0.15) is 0 Å². The molecule has 6 nitrogen and oxygen atoms in total. The van der Waals surface area contributed by atoms with Gasteiger partial charge in [-0.1, -0.05) is 48.2 Å². The summed E-state index contributed by atoms with van der Waals surface area (Å²) in [6.45, 7) is 6.08. The predicted molar refractivity (Wildman–Crippen MR) is 160 cm³/mol. The van der Waals surface area contributed by atoms with Crippen molar-refractivity contribution in [3.63, 3.8) is 0 Å². The third-order valence-electron chi connectivity index (χ3n) is 6.39. The summed E-state index contributed by atoms with van der Waals surface area (Å²) in [4.78, 5) is 31.5. The number of anilines is 1. The molecule has 0 aliphatic rings. The molecule has 0 atom stereocenters. The van der Waals surface area contributed by atoms with Crippen LogP contribution in [0.2, 0.25) is 0 Å². The van der Waals surface area contributed by atoms with E-state index in [0.717, 1.165) is 35.0 Å². The summed E-state index contributed by atoms with van der Waals surface area (Å²) >= 11 is 7.96. The molecule has 198 valence electrons. The molecule has 1 N–H and O–H groups in total. The van der Waals surface area contributed by atoms with Crippen molar-refractivity contribution in [3.05, 3.63) is 104 Å². The van der Waals surface area contributed by atoms with E-state index in [1.807, 2.05) is 56.3 Å². The standard InChI is InChI=1S/C29H25FN4O2S3/c1-4-19-6-11-22(12-7-19)33-26-25(39-29(33)37)27(36)34(23-13-8-20(30)9-14-23)28(32-26)38-16-24(35)31-21-10-5-17(2)18(3)15-21/h5-15H,4,16H2,1-3H3,(H,31,35). The molecule has 10 heteroatoms. The number of fused-ring (bicyclic) bond motifs is 1. The molecule has 3 aromatic carbocycles. The van der Waals surface area contributed by atoms with E-state index < -0.39 is 5.82 Å². The molecule has 1 amide bonds. The Morgan fingerprint density at radius 1 is 1.00 bits per heavy atom. The van der Waals surface area contributed by atoms with E-state index in [2.05, 4.69) is 12.2 Å². The van der Waals surface area contributed by atoms with Crippen molar-refractivity contribution in [2.75, 3.05) is 11.1 Å². The zero-order chi connectivity index (χ0) is 27.7. The molecule has 0 radical (unpaired) electrons. The van der Waals surface area contributed by atoms with E-state index in [0.29, 0.717) is 30.8 Å². The summed E-state index contributed by atoms with van der Waals surface area (Å²) in [7, 11) is 0. The summed E-state index contributed by atoms with van der Waals surface area (Å²) < 4.78 is 17.8. The van der Waals surface area contributed by atoms with Crippen LogP contribution in [0.4, 0.5) is 10.1 Å². The molecule has 0 aliphatic heterocycles. The molecular weight excluding hydrogens is 552 g/mol. The molecular formula is C29H25FN4O2S3. The van der Waals surface area contributed by atoms with Gasteiger partial charge in [0, 0.05) is 11.4 Å². The van der Waals surface area contributed by atoms with E-state index in [1.165, 1.54) is 45.7 Å². The molecule has 0 saturated carbocycles. The Morgan fingerprint density at radius 3 is 2.33 bits per heavy atom. The number of hydrogen-bond donors (Lipinski definition) is 1. The van der Waals surface area contributed by atoms with E-state index in [1.54, 1.807) is 4.57 Å². The first-order chi connectivity index (χ1) is 18.7. The Morgan fingerprint density at radius 2 is 1.67 bits per heavy atom. The van der Waals surface area contributed by atoms with Crippen molar-refractivity contribution in [3.8, 4) is 11.4 Å². The third-order valence-corrected chi connectivity index (χ3v) is 8.68. The van der Waals surface area contributed by atoms with Gasteiger partial charge in [0.1, 0.15) is 10.5 Å². The Labute approximate surface area is 238 Å². The number of aromatic nitrogens is 3. The van der Waals surface area contributed by atoms with Crippen LogP contribution in [0, 0.1) is 23.6 Å². The van der Waals surface area contributed by atoms with E-state index in [4.69, 9.17) is 17.2 Å². The van der Waals surface area contributed by atoms with Crippen molar-refractivity contribution in [1.29, 1.82) is 0 Å². The lowest BCUT2D eigenvalue weighted by molar-refractivity contribution is -0.113. The van der Waals surface area contributed by atoms with Crippen molar-refractivity contribution >= 4 is 57.3 Å². The van der Waals surface area contributed by atoms with E-state index in [9.17, 15) is 14.0 Å². The number of carbonyl (C=O) groups excluding carboxylic acids is 1. The number of benzene rings is 3. The first kappa shape index (κ1) is 27.0. The van der Waals surface area contributed by atoms with Crippen molar-refractivity contribution in [2.24, 2.45) is 0 Å². The van der Waals surface area contributed by atoms with E-state index in [-0.39, 0.29) is 17.2 Å². The number of thioether (sulfide) groups is 1. The second-order valence-corrected chi connectivity index (χ2v) is 11.6. The van der Waals surface area contributed by atoms with Crippen LogP contribution in [-0.2, 0) is 11.2 Å². The lowest BCUT2D eigenvalue weighted by Crippen LogP contribution is -2.22. The molecule has 0 aliphatic carbocycles. The smallest absolute Gasteiger partial charge is 0.278 e. The Hall–Kier alpha value is -3.60. The Bertz CT molecular complexity index is 1810. The highest BCUT2D eigenvalue weighted by Crippen LogP contribution is 2.28. The number of rotatable bonds is 7. The summed E-state index contributed by atoms with van der Waals surface area (Å²) in [5.41, 5.74) is 5.44. The monoisotopic (exact) mass is 576 g/mol.